The third-order valence-corrected chi connectivity index (χ3v) is 5.89. The fourth-order valence-electron chi connectivity index (χ4n) is 2.45. The van der Waals surface area contributed by atoms with Crippen molar-refractivity contribution in [3.63, 3.8) is 0 Å². The minimum atomic E-state index is -3.64. The Balaban J connectivity index is 1.52. The number of halogens is 1. The first-order chi connectivity index (χ1) is 13.9. The van der Waals surface area contributed by atoms with Crippen molar-refractivity contribution in [3.05, 3.63) is 88.9 Å². The second kappa shape index (κ2) is 9.69. The van der Waals surface area contributed by atoms with Gasteiger partial charge in [0.25, 0.3) is 5.91 Å². The summed E-state index contributed by atoms with van der Waals surface area (Å²) in [5, 5.41) is 2.72. The summed E-state index contributed by atoms with van der Waals surface area (Å²) < 4.78 is 33.7. The van der Waals surface area contributed by atoms with Gasteiger partial charge in [-0.3, -0.25) is 4.79 Å². The number of sulfonamides is 1. The molecule has 0 aromatic heterocycles. The van der Waals surface area contributed by atoms with Crippen molar-refractivity contribution in [3.8, 4) is 5.75 Å². The number of ether oxygens (including phenoxy) is 1. The lowest BCUT2D eigenvalue weighted by atomic mass is 10.2. The van der Waals surface area contributed by atoms with Crippen LogP contribution in [-0.4, -0.2) is 20.9 Å². The normalized spacial score (nSPS) is 11.1. The van der Waals surface area contributed by atoms with Crippen LogP contribution in [0.15, 0.2) is 88.2 Å². The first kappa shape index (κ1) is 21.0. The molecule has 6 nitrogen and oxygen atoms in total. The molecule has 0 spiro atoms. The summed E-state index contributed by atoms with van der Waals surface area (Å²) in [7, 11) is -3.64. The zero-order valence-corrected chi connectivity index (χ0v) is 17.7. The van der Waals surface area contributed by atoms with Crippen LogP contribution in [0.5, 0.6) is 5.75 Å². The van der Waals surface area contributed by atoms with Gasteiger partial charge >= 0.3 is 0 Å². The zero-order chi connectivity index (χ0) is 20.7. The van der Waals surface area contributed by atoms with E-state index in [9.17, 15) is 13.2 Å². The van der Waals surface area contributed by atoms with Gasteiger partial charge in [0.15, 0.2) is 6.61 Å². The molecule has 0 atom stereocenters. The largest absolute Gasteiger partial charge is 0.484 e. The number of anilines is 1. The molecular formula is C21H19BrN2O4S. The summed E-state index contributed by atoms with van der Waals surface area (Å²) in [6.07, 6.45) is 0. The standard InChI is InChI=1S/C21H19BrN2O4S/c22-17-6-8-18(9-7-17)24-21(25)15-28-19-10-12-20(13-11-19)29(26,27)23-14-16-4-2-1-3-5-16/h1-13,23H,14-15H2,(H,24,25). The molecule has 3 aromatic carbocycles. The summed E-state index contributed by atoms with van der Waals surface area (Å²) in [6.45, 7) is 0.0199. The van der Waals surface area contributed by atoms with Crippen molar-refractivity contribution in [2.45, 2.75) is 11.4 Å². The van der Waals surface area contributed by atoms with Gasteiger partial charge in [-0.1, -0.05) is 46.3 Å². The quantitative estimate of drug-likeness (QED) is 0.517. The molecule has 0 heterocycles. The van der Waals surface area contributed by atoms with Crippen LogP contribution in [-0.2, 0) is 21.4 Å². The van der Waals surface area contributed by atoms with Gasteiger partial charge in [-0.15, -0.1) is 0 Å². The lowest BCUT2D eigenvalue weighted by Crippen LogP contribution is -2.23. The Labute approximate surface area is 178 Å². The van der Waals surface area contributed by atoms with Crippen molar-refractivity contribution < 1.29 is 17.9 Å². The third kappa shape index (κ3) is 6.42. The van der Waals surface area contributed by atoms with Crippen LogP contribution in [0.1, 0.15) is 5.56 Å². The molecule has 3 aromatic rings. The highest BCUT2D eigenvalue weighted by atomic mass is 79.9. The molecule has 0 saturated carbocycles. The number of carbonyl (C=O) groups excluding carboxylic acids is 1. The van der Waals surface area contributed by atoms with E-state index in [-0.39, 0.29) is 24.0 Å². The molecule has 0 fully saturated rings. The first-order valence-electron chi connectivity index (χ1n) is 8.74. The molecule has 0 aliphatic heterocycles. The molecule has 0 unspecified atom stereocenters. The predicted octanol–water partition coefficient (Wildman–Crippen LogP) is 3.95. The van der Waals surface area contributed by atoms with Crippen LogP contribution >= 0.6 is 15.9 Å². The lowest BCUT2D eigenvalue weighted by molar-refractivity contribution is -0.118. The number of hydrogen-bond donors (Lipinski definition) is 2. The second-order valence-corrected chi connectivity index (χ2v) is 8.81. The smallest absolute Gasteiger partial charge is 0.262 e. The fraction of sp³-hybridized carbons (Fsp3) is 0.0952. The summed E-state index contributed by atoms with van der Waals surface area (Å²) in [4.78, 5) is 12.1. The van der Waals surface area contributed by atoms with Gasteiger partial charge in [0.2, 0.25) is 10.0 Å². The molecule has 0 radical (unpaired) electrons. The maximum atomic E-state index is 12.4. The van der Waals surface area contributed by atoms with Crippen molar-refractivity contribution in [1.29, 1.82) is 0 Å². The van der Waals surface area contributed by atoms with E-state index in [1.807, 2.05) is 42.5 Å². The Bertz CT molecular complexity index is 1050. The van der Waals surface area contributed by atoms with Gasteiger partial charge in [0, 0.05) is 16.7 Å². The summed E-state index contributed by atoms with van der Waals surface area (Å²) >= 11 is 3.33. The van der Waals surface area contributed by atoms with Crippen molar-refractivity contribution in [2.24, 2.45) is 0 Å². The average molecular weight is 475 g/mol. The Kier molecular flexibility index (Phi) is 7.03. The highest BCUT2D eigenvalue weighted by Gasteiger charge is 2.14. The maximum Gasteiger partial charge on any atom is 0.262 e. The number of nitrogens with one attached hydrogen (secondary N) is 2. The molecular weight excluding hydrogens is 456 g/mol. The lowest BCUT2D eigenvalue weighted by Gasteiger charge is -2.09. The van der Waals surface area contributed by atoms with Gasteiger partial charge in [0.05, 0.1) is 4.90 Å². The SMILES string of the molecule is O=C(COc1ccc(S(=O)(=O)NCc2ccccc2)cc1)Nc1ccc(Br)cc1. The van der Waals surface area contributed by atoms with Crippen LogP contribution in [0.3, 0.4) is 0 Å². The van der Waals surface area contributed by atoms with E-state index in [0.29, 0.717) is 11.4 Å². The van der Waals surface area contributed by atoms with Crippen molar-refractivity contribution in [1.82, 2.24) is 4.72 Å². The van der Waals surface area contributed by atoms with Gasteiger partial charge < -0.3 is 10.1 Å². The number of benzene rings is 3. The van der Waals surface area contributed by atoms with Crippen LogP contribution in [0, 0.1) is 0 Å². The van der Waals surface area contributed by atoms with Gasteiger partial charge in [-0.25, -0.2) is 13.1 Å². The first-order valence-corrected chi connectivity index (χ1v) is 11.0. The van der Waals surface area contributed by atoms with Gasteiger partial charge in [0.1, 0.15) is 5.75 Å². The maximum absolute atomic E-state index is 12.4. The van der Waals surface area contributed by atoms with Crippen LogP contribution in [0.4, 0.5) is 5.69 Å². The minimum Gasteiger partial charge on any atom is -0.484 e. The molecule has 8 heteroatoms. The van der Waals surface area contributed by atoms with Crippen LogP contribution < -0.4 is 14.8 Å². The Morgan fingerprint density at radius 3 is 2.21 bits per heavy atom. The topological polar surface area (TPSA) is 84.5 Å². The molecule has 150 valence electrons. The Morgan fingerprint density at radius 2 is 1.55 bits per heavy atom. The fourth-order valence-corrected chi connectivity index (χ4v) is 3.73. The number of rotatable bonds is 8. The van der Waals surface area contributed by atoms with Crippen molar-refractivity contribution >= 4 is 37.5 Å². The van der Waals surface area contributed by atoms with E-state index in [4.69, 9.17) is 4.74 Å². The van der Waals surface area contributed by atoms with Crippen LogP contribution in [0.25, 0.3) is 0 Å². The number of hydrogen-bond acceptors (Lipinski definition) is 4. The van der Waals surface area contributed by atoms with E-state index in [0.717, 1.165) is 10.0 Å². The van der Waals surface area contributed by atoms with Gasteiger partial charge in [-0.2, -0.15) is 0 Å². The molecule has 0 aliphatic carbocycles. The molecule has 0 bridgehead atoms. The molecule has 0 aliphatic rings. The molecule has 2 N–H and O–H groups in total. The van der Waals surface area contributed by atoms with Crippen LogP contribution in [0.2, 0.25) is 0 Å². The van der Waals surface area contributed by atoms with Crippen molar-refractivity contribution in [2.75, 3.05) is 11.9 Å². The second-order valence-electron chi connectivity index (χ2n) is 6.13. The molecule has 3 rings (SSSR count). The highest BCUT2D eigenvalue weighted by molar-refractivity contribution is 9.10. The zero-order valence-electron chi connectivity index (χ0n) is 15.3. The van der Waals surface area contributed by atoms with E-state index in [2.05, 4.69) is 26.0 Å². The van der Waals surface area contributed by atoms with E-state index < -0.39 is 10.0 Å². The minimum absolute atomic E-state index is 0.125. The summed E-state index contributed by atoms with van der Waals surface area (Å²) in [5.74, 6) is 0.0894. The molecule has 29 heavy (non-hydrogen) atoms. The molecule has 1 amide bonds. The average Bonchev–Trinajstić information content (AvgIpc) is 2.74. The highest BCUT2D eigenvalue weighted by Crippen LogP contribution is 2.17. The number of amides is 1. The summed E-state index contributed by atoms with van der Waals surface area (Å²) in [6, 6.07) is 22.4. The summed E-state index contributed by atoms with van der Waals surface area (Å²) in [5.41, 5.74) is 1.53. The van der Waals surface area contributed by atoms with Gasteiger partial charge in [-0.05, 0) is 54.1 Å². The monoisotopic (exact) mass is 474 g/mol. The third-order valence-electron chi connectivity index (χ3n) is 3.94. The van der Waals surface area contributed by atoms with E-state index in [1.54, 1.807) is 12.1 Å². The Hall–Kier alpha value is -2.68. The van der Waals surface area contributed by atoms with E-state index >= 15 is 0 Å². The predicted molar refractivity (Wildman–Crippen MR) is 115 cm³/mol. The Morgan fingerprint density at radius 1 is 0.897 bits per heavy atom. The molecule has 0 saturated heterocycles. The number of carbonyl (C=O) groups is 1. The van der Waals surface area contributed by atoms with E-state index in [1.165, 1.54) is 24.3 Å².